The van der Waals surface area contributed by atoms with E-state index in [1.807, 2.05) is 18.3 Å². The highest BCUT2D eigenvalue weighted by atomic mass is 32.2. The van der Waals surface area contributed by atoms with Crippen molar-refractivity contribution < 1.29 is 9.53 Å². The van der Waals surface area contributed by atoms with Crippen molar-refractivity contribution in [2.75, 3.05) is 12.9 Å². The van der Waals surface area contributed by atoms with Gasteiger partial charge in [0.25, 0.3) is 0 Å². The number of hydrogen-bond acceptors (Lipinski definition) is 4. The molecule has 0 fully saturated rings. The highest BCUT2D eigenvalue weighted by Crippen LogP contribution is 2.29. The minimum atomic E-state index is -0.220. The third-order valence-electron chi connectivity index (χ3n) is 3.75. The van der Waals surface area contributed by atoms with E-state index in [1.54, 1.807) is 0 Å². The number of carbonyl (C=O) groups excluding carboxylic acids is 1. The maximum atomic E-state index is 11.3. The molecule has 126 valence electrons. The molecule has 3 aromatic rings. The number of nitrogens with zero attached hydrogens (tertiary/aromatic N) is 1. The van der Waals surface area contributed by atoms with E-state index < -0.39 is 0 Å². The lowest BCUT2D eigenvalue weighted by molar-refractivity contribution is -0.137. The Balaban J connectivity index is 1.86. The summed E-state index contributed by atoms with van der Waals surface area (Å²) in [6.45, 7) is 6.39. The predicted molar refractivity (Wildman–Crippen MR) is 97.3 cm³/mol. The summed E-state index contributed by atoms with van der Waals surface area (Å²) < 4.78 is 4.67. The standard InChI is InChI=1S/C18H21N3O2S/c1-18(2,3)17-19-9-15(21-17)14-8-11-7-12(5-6-13(11)20-14)24-10-16(22)23-4/h5-9,20H,10H2,1-4H3,(H,19,21). The number of aromatic nitrogens is 3. The van der Waals surface area contributed by atoms with Crippen LogP contribution in [0.15, 0.2) is 35.4 Å². The summed E-state index contributed by atoms with van der Waals surface area (Å²) in [7, 11) is 1.40. The number of benzene rings is 1. The molecular formula is C18H21N3O2S. The van der Waals surface area contributed by atoms with Gasteiger partial charge in [0.15, 0.2) is 0 Å². The molecule has 0 radical (unpaired) electrons. The van der Waals surface area contributed by atoms with Gasteiger partial charge in [0, 0.05) is 21.2 Å². The van der Waals surface area contributed by atoms with Crippen LogP contribution in [0.25, 0.3) is 22.3 Å². The number of ether oxygens (including phenoxy) is 1. The van der Waals surface area contributed by atoms with Gasteiger partial charge in [0.05, 0.1) is 30.4 Å². The van der Waals surface area contributed by atoms with Gasteiger partial charge in [-0.1, -0.05) is 20.8 Å². The lowest BCUT2D eigenvalue weighted by Crippen LogP contribution is -2.13. The molecule has 0 saturated heterocycles. The van der Waals surface area contributed by atoms with Gasteiger partial charge in [-0.05, 0) is 24.3 Å². The first-order chi connectivity index (χ1) is 11.4. The Bertz CT molecular complexity index is 874. The number of methoxy groups -OCH3 is 1. The molecule has 0 aliphatic carbocycles. The Morgan fingerprint density at radius 1 is 1.21 bits per heavy atom. The Labute approximate surface area is 145 Å². The van der Waals surface area contributed by atoms with Crippen LogP contribution < -0.4 is 0 Å². The first-order valence-electron chi connectivity index (χ1n) is 7.75. The smallest absolute Gasteiger partial charge is 0.315 e. The minimum Gasteiger partial charge on any atom is -0.468 e. The summed E-state index contributed by atoms with van der Waals surface area (Å²) in [5.74, 6) is 1.06. The van der Waals surface area contributed by atoms with Gasteiger partial charge in [-0.3, -0.25) is 4.79 Å². The molecule has 2 heterocycles. The topological polar surface area (TPSA) is 70.8 Å². The van der Waals surface area contributed by atoms with E-state index in [-0.39, 0.29) is 11.4 Å². The molecule has 0 amide bonds. The highest BCUT2D eigenvalue weighted by molar-refractivity contribution is 8.00. The van der Waals surface area contributed by atoms with Crippen LogP contribution in [-0.4, -0.2) is 33.8 Å². The van der Waals surface area contributed by atoms with Crippen LogP contribution in [0.2, 0.25) is 0 Å². The quantitative estimate of drug-likeness (QED) is 0.552. The molecule has 0 spiro atoms. The summed E-state index contributed by atoms with van der Waals surface area (Å²) in [6, 6.07) is 8.20. The maximum absolute atomic E-state index is 11.3. The van der Waals surface area contributed by atoms with E-state index in [1.165, 1.54) is 18.9 Å². The second-order valence-electron chi connectivity index (χ2n) is 6.69. The molecule has 0 atom stereocenters. The molecule has 0 unspecified atom stereocenters. The van der Waals surface area contributed by atoms with Gasteiger partial charge in [-0.2, -0.15) is 0 Å². The van der Waals surface area contributed by atoms with Crippen molar-refractivity contribution in [3.8, 4) is 11.4 Å². The third-order valence-corrected chi connectivity index (χ3v) is 4.72. The molecule has 0 saturated carbocycles. The number of H-pyrrole nitrogens is 2. The Morgan fingerprint density at radius 2 is 2.00 bits per heavy atom. The number of imidazole rings is 1. The normalized spacial score (nSPS) is 11.8. The third kappa shape index (κ3) is 3.48. The lowest BCUT2D eigenvalue weighted by Gasteiger charge is -2.13. The molecule has 3 rings (SSSR count). The van der Waals surface area contributed by atoms with E-state index in [9.17, 15) is 4.79 Å². The zero-order chi connectivity index (χ0) is 17.3. The van der Waals surface area contributed by atoms with Crippen molar-refractivity contribution in [2.24, 2.45) is 0 Å². The molecule has 24 heavy (non-hydrogen) atoms. The van der Waals surface area contributed by atoms with Gasteiger partial charge in [-0.25, -0.2) is 4.98 Å². The lowest BCUT2D eigenvalue weighted by atomic mass is 9.96. The van der Waals surface area contributed by atoms with Crippen molar-refractivity contribution in [3.63, 3.8) is 0 Å². The van der Waals surface area contributed by atoms with Crippen LogP contribution in [-0.2, 0) is 14.9 Å². The Hall–Kier alpha value is -2.21. The molecule has 5 nitrogen and oxygen atoms in total. The average molecular weight is 343 g/mol. The fraction of sp³-hybridized carbons (Fsp3) is 0.333. The Morgan fingerprint density at radius 3 is 2.67 bits per heavy atom. The molecular weight excluding hydrogens is 322 g/mol. The maximum Gasteiger partial charge on any atom is 0.315 e. The van der Waals surface area contributed by atoms with Gasteiger partial charge < -0.3 is 14.7 Å². The van der Waals surface area contributed by atoms with Crippen molar-refractivity contribution in [3.05, 3.63) is 36.3 Å². The van der Waals surface area contributed by atoms with Crippen LogP contribution in [0.4, 0.5) is 0 Å². The average Bonchev–Trinajstić information content (AvgIpc) is 3.17. The molecule has 1 aromatic carbocycles. The largest absolute Gasteiger partial charge is 0.468 e. The first-order valence-corrected chi connectivity index (χ1v) is 8.73. The number of nitrogens with one attached hydrogen (secondary N) is 2. The molecule has 0 aliphatic rings. The van der Waals surface area contributed by atoms with Crippen molar-refractivity contribution in [1.82, 2.24) is 15.0 Å². The number of rotatable bonds is 4. The van der Waals surface area contributed by atoms with Gasteiger partial charge in [0.1, 0.15) is 5.82 Å². The van der Waals surface area contributed by atoms with E-state index in [4.69, 9.17) is 0 Å². The van der Waals surface area contributed by atoms with E-state index in [0.29, 0.717) is 5.75 Å². The second-order valence-corrected chi connectivity index (χ2v) is 7.74. The second kappa shape index (κ2) is 6.36. The summed E-state index contributed by atoms with van der Waals surface area (Å²) >= 11 is 1.47. The minimum absolute atomic E-state index is 0.0119. The monoisotopic (exact) mass is 343 g/mol. The van der Waals surface area contributed by atoms with Crippen LogP contribution in [0.1, 0.15) is 26.6 Å². The van der Waals surface area contributed by atoms with Crippen molar-refractivity contribution in [2.45, 2.75) is 31.1 Å². The number of carbonyl (C=O) groups is 1. The zero-order valence-electron chi connectivity index (χ0n) is 14.3. The van der Waals surface area contributed by atoms with E-state index in [0.717, 1.165) is 33.0 Å². The SMILES string of the molecule is COC(=O)CSc1ccc2[nH]c(-c3cnc(C(C)(C)C)[nH]3)cc2c1. The molecule has 6 heteroatoms. The fourth-order valence-corrected chi connectivity index (χ4v) is 3.16. The molecule has 0 bridgehead atoms. The number of thioether (sulfide) groups is 1. The number of fused-ring (bicyclic) bond motifs is 1. The number of esters is 1. The number of aromatic amines is 2. The van der Waals surface area contributed by atoms with Crippen LogP contribution in [0.5, 0.6) is 0 Å². The van der Waals surface area contributed by atoms with E-state index in [2.05, 4.69) is 52.6 Å². The molecule has 2 aromatic heterocycles. The van der Waals surface area contributed by atoms with Gasteiger partial charge in [0.2, 0.25) is 0 Å². The molecule has 0 aliphatic heterocycles. The van der Waals surface area contributed by atoms with Crippen molar-refractivity contribution >= 4 is 28.6 Å². The van der Waals surface area contributed by atoms with Crippen molar-refractivity contribution in [1.29, 1.82) is 0 Å². The van der Waals surface area contributed by atoms with Crippen LogP contribution in [0, 0.1) is 0 Å². The summed E-state index contributed by atoms with van der Waals surface area (Å²) in [5, 5.41) is 1.10. The van der Waals surface area contributed by atoms with Crippen LogP contribution >= 0.6 is 11.8 Å². The molecule has 2 N–H and O–H groups in total. The zero-order valence-corrected chi connectivity index (χ0v) is 15.1. The predicted octanol–water partition coefficient (Wildman–Crippen LogP) is 4.12. The highest BCUT2D eigenvalue weighted by Gasteiger charge is 2.18. The first kappa shape index (κ1) is 16.6. The van der Waals surface area contributed by atoms with E-state index >= 15 is 0 Å². The number of hydrogen-bond donors (Lipinski definition) is 2. The summed E-state index contributed by atoms with van der Waals surface area (Å²) in [5.41, 5.74) is 3.02. The Kier molecular flexibility index (Phi) is 4.41. The van der Waals surface area contributed by atoms with Gasteiger partial charge >= 0.3 is 5.97 Å². The van der Waals surface area contributed by atoms with Crippen LogP contribution in [0.3, 0.4) is 0 Å². The summed E-state index contributed by atoms with van der Waals surface area (Å²) in [4.78, 5) is 23.6. The van der Waals surface area contributed by atoms with Gasteiger partial charge in [-0.15, -0.1) is 11.8 Å². The summed E-state index contributed by atoms with van der Waals surface area (Å²) in [6.07, 6.45) is 1.86. The fourth-order valence-electron chi connectivity index (χ4n) is 2.39.